The summed E-state index contributed by atoms with van der Waals surface area (Å²) in [6, 6.07) is 6.74. The number of rotatable bonds is 2. The maximum Gasteiger partial charge on any atom is 0.244 e. The Kier molecular flexibility index (Phi) is 3.82. The largest absolute Gasteiger partial charge is 0.389 e. The second-order valence-corrected chi connectivity index (χ2v) is 7.63. The van der Waals surface area contributed by atoms with Crippen molar-refractivity contribution < 1.29 is 13.5 Å². The number of halogens is 1. The van der Waals surface area contributed by atoms with Crippen molar-refractivity contribution in [1.29, 1.82) is 0 Å². The highest BCUT2D eigenvalue weighted by molar-refractivity contribution is 9.10. The van der Waals surface area contributed by atoms with Crippen LogP contribution < -0.4 is 0 Å². The third-order valence-corrected chi connectivity index (χ3v) is 5.95. The van der Waals surface area contributed by atoms with Gasteiger partial charge in [-0.3, -0.25) is 0 Å². The van der Waals surface area contributed by atoms with Crippen LogP contribution in [-0.2, 0) is 10.0 Å². The Bertz CT molecular complexity index is 542. The Hall–Kier alpha value is -0.430. The highest BCUT2D eigenvalue weighted by Crippen LogP contribution is 2.29. The lowest BCUT2D eigenvalue weighted by Crippen LogP contribution is -2.48. The maximum atomic E-state index is 12.5. The van der Waals surface area contributed by atoms with Crippen LogP contribution in [0.4, 0.5) is 0 Å². The van der Waals surface area contributed by atoms with E-state index < -0.39 is 15.6 Å². The molecule has 0 spiro atoms. The van der Waals surface area contributed by atoms with E-state index in [1.165, 1.54) is 4.31 Å². The minimum absolute atomic E-state index is 0.149. The molecule has 1 aliphatic heterocycles. The zero-order valence-electron chi connectivity index (χ0n) is 10.1. The monoisotopic (exact) mass is 333 g/mol. The lowest BCUT2D eigenvalue weighted by atomic mass is 9.97. The lowest BCUT2D eigenvalue weighted by molar-refractivity contribution is 0.00939. The van der Waals surface area contributed by atoms with Crippen LogP contribution in [0, 0.1) is 0 Å². The number of aliphatic hydroxyl groups is 1. The van der Waals surface area contributed by atoms with Crippen molar-refractivity contribution in [2.45, 2.75) is 30.3 Å². The lowest BCUT2D eigenvalue weighted by Gasteiger charge is -2.36. The van der Waals surface area contributed by atoms with E-state index in [0.29, 0.717) is 23.9 Å². The summed E-state index contributed by atoms with van der Waals surface area (Å²) in [4.78, 5) is 0.253. The second kappa shape index (κ2) is 4.92. The first-order valence-electron chi connectivity index (χ1n) is 5.80. The molecule has 100 valence electrons. The van der Waals surface area contributed by atoms with Crippen molar-refractivity contribution in [1.82, 2.24) is 4.31 Å². The quantitative estimate of drug-likeness (QED) is 0.900. The van der Waals surface area contributed by atoms with Crippen molar-refractivity contribution in [2.24, 2.45) is 0 Å². The number of nitrogens with zero attached hydrogens (tertiary/aromatic N) is 1. The van der Waals surface area contributed by atoms with E-state index >= 15 is 0 Å². The molecule has 1 aromatic carbocycles. The smallest absolute Gasteiger partial charge is 0.244 e. The molecule has 4 nitrogen and oxygen atoms in total. The number of β-amino-alcohol motifs (C(OH)–C–C–N with tert-alkyl or cyclic N) is 1. The van der Waals surface area contributed by atoms with Gasteiger partial charge >= 0.3 is 0 Å². The SMILES string of the molecule is CC1(O)CCCN(S(=O)(=O)c2ccccc2Br)C1. The number of sulfonamides is 1. The topological polar surface area (TPSA) is 57.6 Å². The van der Waals surface area contributed by atoms with Gasteiger partial charge in [-0.2, -0.15) is 4.31 Å². The van der Waals surface area contributed by atoms with Crippen LogP contribution in [0.15, 0.2) is 33.6 Å². The van der Waals surface area contributed by atoms with Gasteiger partial charge in [0.05, 0.1) is 10.5 Å². The fraction of sp³-hybridized carbons (Fsp3) is 0.500. The molecule has 0 aliphatic carbocycles. The Labute approximate surface area is 116 Å². The molecule has 2 rings (SSSR count). The third kappa shape index (κ3) is 2.77. The van der Waals surface area contributed by atoms with Gasteiger partial charge in [0.25, 0.3) is 0 Å². The number of hydrogen-bond acceptors (Lipinski definition) is 3. The van der Waals surface area contributed by atoms with Crippen LogP contribution in [0.5, 0.6) is 0 Å². The summed E-state index contributed by atoms with van der Waals surface area (Å²) in [6.07, 6.45) is 1.31. The summed E-state index contributed by atoms with van der Waals surface area (Å²) in [5.74, 6) is 0. The fourth-order valence-corrected chi connectivity index (χ4v) is 4.73. The zero-order chi connectivity index (χ0) is 13.4. The average Bonchev–Trinajstić information content (AvgIpc) is 2.28. The molecule has 0 amide bonds. The molecule has 0 bridgehead atoms. The van der Waals surface area contributed by atoms with Gasteiger partial charge in [-0.05, 0) is 47.8 Å². The minimum Gasteiger partial charge on any atom is -0.389 e. The molecule has 1 heterocycles. The van der Waals surface area contributed by atoms with Gasteiger partial charge in [0.1, 0.15) is 0 Å². The number of piperidine rings is 1. The second-order valence-electron chi connectivity index (χ2n) is 4.87. The van der Waals surface area contributed by atoms with E-state index in [-0.39, 0.29) is 11.4 Å². The van der Waals surface area contributed by atoms with Crippen LogP contribution in [0.3, 0.4) is 0 Å². The van der Waals surface area contributed by atoms with Crippen LogP contribution >= 0.6 is 15.9 Å². The molecule has 18 heavy (non-hydrogen) atoms. The maximum absolute atomic E-state index is 12.5. The van der Waals surface area contributed by atoms with Gasteiger partial charge in [0.15, 0.2) is 0 Å². The van der Waals surface area contributed by atoms with E-state index in [0.717, 1.165) is 0 Å². The minimum atomic E-state index is -3.54. The molecule has 1 N–H and O–H groups in total. The Morgan fingerprint density at radius 1 is 1.39 bits per heavy atom. The summed E-state index contributed by atoms with van der Waals surface area (Å²) in [5.41, 5.74) is -0.938. The molecular weight excluding hydrogens is 318 g/mol. The van der Waals surface area contributed by atoms with Crippen molar-refractivity contribution >= 4 is 26.0 Å². The number of benzene rings is 1. The predicted octanol–water partition coefficient (Wildman–Crippen LogP) is 1.98. The number of hydrogen-bond donors (Lipinski definition) is 1. The summed E-state index contributed by atoms with van der Waals surface area (Å²) >= 11 is 3.26. The fourth-order valence-electron chi connectivity index (χ4n) is 2.17. The zero-order valence-corrected chi connectivity index (χ0v) is 12.5. The molecule has 1 aliphatic rings. The molecule has 1 atom stereocenters. The molecule has 6 heteroatoms. The molecule has 1 fully saturated rings. The first-order chi connectivity index (χ1) is 8.33. The highest BCUT2D eigenvalue weighted by atomic mass is 79.9. The van der Waals surface area contributed by atoms with E-state index in [2.05, 4.69) is 15.9 Å². The average molecular weight is 334 g/mol. The summed E-state index contributed by atoms with van der Waals surface area (Å²) in [6.45, 7) is 2.28. The van der Waals surface area contributed by atoms with E-state index in [4.69, 9.17) is 0 Å². The molecule has 1 unspecified atom stereocenters. The summed E-state index contributed by atoms with van der Waals surface area (Å²) in [7, 11) is -3.54. The van der Waals surface area contributed by atoms with Crippen molar-refractivity contribution in [2.75, 3.05) is 13.1 Å². The Morgan fingerprint density at radius 3 is 2.67 bits per heavy atom. The first kappa shape index (κ1) is 14.0. The highest BCUT2D eigenvalue weighted by Gasteiger charge is 2.36. The van der Waals surface area contributed by atoms with Crippen LogP contribution in [0.2, 0.25) is 0 Å². The summed E-state index contributed by atoms with van der Waals surface area (Å²) < 4.78 is 26.9. The van der Waals surface area contributed by atoms with Gasteiger partial charge in [-0.15, -0.1) is 0 Å². The molecule has 0 aromatic heterocycles. The Balaban J connectivity index is 2.35. The van der Waals surface area contributed by atoms with Crippen molar-refractivity contribution in [3.05, 3.63) is 28.7 Å². The van der Waals surface area contributed by atoms with Gasteiger partial charge < -0.3 is 5.11 Å². The van der Waals surface area contributed by atoms with Gasteiger partial charge in [0, 0.05) is 17.6 Å². The predicted molar refractivity (Wildman–Crippen MR) is 72.8 cm³/mol. The van der Waals surface area contributed by atoms with Crippen LogP contribution in [0.25, 0.3) is 0 Å². The normalized spacial score (nSPS) is 26.2. The van der Waals surface area contributed by atoms with Crippen molar-refractivity contribution in [3.8, 4) is 0 Å². The van der Waals surface area contributed by atoms with Crippen LogP contribution in [-0.4, -0.2) is 36.5 Å². The molecule has 0 saturated carbocycles. The van der Waals surface area contributed by atoms with Gasteiger partial charge in [-0.25, -0.2) is 8.42 Å². The van der Waals surface area contributed by atoms with Crippen LogP contribution in [0.1, 0.15) is 19.8 Å². The Morgan fingerprint density at radius 2 is 2.06 bits per heavy atom. The summed E-state index contributed by atoms with van der Waals surface area (Å²) in [5, 5.41) is 10.0. The molecular formula is C12H16BrNO3S. The van der Waals surface area contributed by atoms with E-state index in [1.54, 1.807) is 31.2 Å². The van der Waals surface area contributed by atoms with Gasteiger partial charge in [-0.1, -0.05) is 12.1 Å². The van der Waals surface area contributed by atoms with E-state index in [1.807, 2.05) is 0 Å². The standard InChI is InChI=1S/C12H16BrNO3S/c1-12(15)7-4-8-14(9-12)18(16,17)11-6-3-2-5-10(11)13/h2-3,5-6,15H,4,7-9H2,1H3. The molecule has 0 radical (unpaired) electrons. The van der Waals surface area contributed by atoms with E-state index in [9.17, 15) is 13.5 Å². The molecule has 1 aromatic rings. The van der Waals surface area contributed by atoms with Gasteiger partial charge in [0.2, 0.25) is 10.0 Å². The van der Waals surface area contributed by atoms with Crippen molar-refractivity contribution in [3.63, 3.8) is 0 Å². The third-order valence-electron chi connectivity index (χ3n) is 3.09. The first-order valence-corrected chi connectivity index (χ1v) is 8.03. The molecule has 1 saturated heterocycles.